The van der Waals surface area contributed by atoms with E-state index < -0.39 is 5.60 Å². The third-order valence-electron chi connectivity index (χ3n) is 9.03. The molecule has 2 atom stereocenters. The summed E-state index contributed by atoms with van der Waals surface area (Å²) in [6.45, 7) is 0. The third kappa shape index (κ3) is 3.75. The second-order valence-corrected chi connectivity index (χ2v) is 11.3. The molecule has 1 aromatic heterocycles. The van der Waals surface area contributed by atoms with E-state index in [1.54, 1.807) is 6.20 Å². The van der Waals surface area contributed by atoms with Gasteiger partial charge in [-0.2, -0.15) is 0 Å². The van der Waals surface area contributed by atoms with Crippen molar-refractivity contribution >= 4 is 11.9 Å². The first-order valence-corrected chi connectivity index (χ1v) is 12.7. The molecule has 6 saturated carbocycles. The van der Waals surface area contributed by atoms with E-state index in [1.807, 2.05) is 0 Å². The molecular weight excluding hydrogens is 388 g/mol. The number of rotatable bonds is 5. The van der Waals surface area contributed by atoms with Crippen molar-refractivity contribution in [3.05, 3.63) is 17.5 Å². The summed E-state index contributed by atoms with van der Waals surface area (Å²) in [4.78, 5) is 23.0. The first kappa shape index (κ1) is 20.0. The molecule has 0 aromatic carbocycles. The number of carbonyl (C=O) groups is 1. The first-order valence-electron chi connectivity index (χ1n) is 12.7. The van der Waals surface area contributed by atoms with Gasteiger partial charge in [-0.05, 0) is 75.5 Å². The zero-order valence-electron chi connectivity index (χ0n) is 18.5. The number of amides is 1. The van der Waals surface area contributed by atoms with Gasteiger partial charge in [-0.1, -0.05) is 25.7 Å². The van der Waals surface area contributed by atoms with Crippen LogP contribution < -0.4 is 10.6 Å². The minimum atomic E-state index is -0.469. The van der Waals surface area contributed by atoms with Crippen LogP contribution >= 0.6 is 0 Å². The smallest absolute Gasteiger partial charge is 0.254 e. The Balaban J connectivity index is 1.23. The topological polar surface area (TPSA) is 87.1 Å². The Hall–Kier alpha value is -1.69. The molecule has 1 amide bonds. The molecule has 7 rings (SSSR count). The highest BCUT2D eigenvalue weighted by atomic mass is 16.3. The molecule has 6 aliphatic carbocycles. The van der Waals surface area contributed by atoms with Crippen LogP contribution in [-0.2, 0) is 0 Å². The van der Waals surface area contributed by atoms with E-state index in [4.69, 9.17) is 4.98 Å². The van der Waals surface area contributed by atoms with Crippen LogP contribution in [0, 0.1) is 17.8 Å². The van der Waals surface area contributed by atoms with E-state index in [0.29, 0.717) is 41.2 Å². The van der Waals surface area contributed by atoms with Crippen molar-refractivity contribution in [1.82, 2.24) is 15.3 Å². The lowest BCUT2D eigenvalue weighted by Gasteiger charge is -2.58. The summed E-state index contributed by atoms with van der Waals surface area (Å²) in [5.41, 5.74) is 1.16. The summed E-state index contributed by atoms with van der Waals surface area (Å²) in [5, 5.41) is 17.8. The lowest BCUT2D eigenvalue weighted by Crippen LogP contribution is -2.61. The lowest BCUT2D eigenvalue weighted by molar-refractivity contribution is -0.136. The Labute approximate surface area is 185 Å². The fourth-order valence-electron chi connectivity index (χ4n) is 7.85. The van der Waals surface area contributed by atoms with Gasteiger partial charge in [-0.15, -0.1) is 0 Å². The Bertz CT molecular complexity index is 830. The van der Waals surface area contributed by atoms with Gasteiger partial charge in [-0.25, -0.2) is 9.97 Å². The summed E-state index contributed by atoms with van der Waals surface area (Å²) in [6, 6.07) is 0.659. The molecule has 3 N–H and O–H groups in total. The number of aliphatic hydroxyl groups is 1. The highest BCUT2D eigenvalue weighted by Crippen LogP contribution is 2.55. The molecule has 6 fully saturated rings. The maximum atomic E-state index is 13.5. The molecule has 4 bridgehead atoms. The molecule has 168 valence electrons. The van der Waals surface area contributed by atoms with Gasteiger partial charge in [0.05, 0.1) is 16.9 Å². The maximum Gasteiger partial charge on any atom is 0.254 e. The molecule has 6 nitrogen and oxygen atoms in total. The van der Waals surface area contributed by atoms with Crippen LogP contribution in [0.15, 0.2) is 6.20 Å². The zero-order chi connectivity index (χ0) is 21.0. The van der Waals surface area contributed by atoms with Crippen molar-refractivity contribution in [1.29, 1.82) is 0 Å². The monoisotopic (exact) mass is 424 g/mol. The summed E-state index contributed by atoms with van der Waals surface area (Å²) in [5.74, 6) is 2.54. The predicted molar refractivity (Wildman–Crippen MR) is 119 cm³/mol. The molecule has 1 aromatic rings. The van der Waals surface area contributed by atoms with Gasteiger partial charge >= 0.3 is 0 Å². The molecule has 1 heterocycles. The van der Waals surface area contributed by atoms with E-state index in [-0.39, 0.29) is 11.9 Å². The van der Waals surface area contributed by atoms with Crippen LogP contribution in [0.5, 0.6) is 0 Å². The SMILES string of the molecule is O=C(N[C@H]1C2CC3CC1C[C@](O)(C3)C2)c1cnc(NC2CCCC2)nc1C1CCCC1. The van der Waals surface area contributed by atoms with Crippen molar-refractivity contribution in [2.24, 2.45) is 17.8 Å². The van der Waals surface area contributed by atoms with E-state index in [0.717, 1.165) is 50.6 Å². The number of nitrogens with zero attached hydrogens (tertiary/aromatic N) is 2. The van der Waals surface area contributed by atoms with Crippen LogP contribution in [0.4, 0.5) is 5.95 Å². The second kappa shape index (κ2) is 7.72. The summed E-state index contributed by atoms with van der Waals surface area (Å²) in [7, 11) is 0. The van der Waals surface area contributed by atoms with Crippen LogP contribution in [-0.4, -0.2) is 38.7 Å². The minimum Gasteiger partial charge on any atom is -0.390 e. The minimum absolute atomic E-state index is 0.00113. The number of aromatic nitrogens is 2. The first-order chi connectivity index (χ1) is 15.1. The average molecular weight is 425 g/mol. The Morgan fingerprint density at radius 1 is 1.00 bits per heavy atom. The molecule has 6 heteroatoms. The quantitative estimate of drug-likeness (QED) is 0.661. The Morgan fingerprint density at radius 3 is 2.35 bits per heavy atom. The Morgan fingerprint density at radius 2 is 1.68 bits per heavy atom. The molecule has 2 unspecified atom stereocenters. The third-order valence-corrected chi connectivity index (χ3v) is 9.03. The zero-order valence-corrected chi connectivity index (χ0v) is 18.5. The van der Waals surface area contributed by atoms with Gasteiger partial charge in [0.15, 0.2) is 0 Å². The highest BCUT2D eigenvalue weighted by Gasteiger charge is 2.55. The molecule has 0 radical (unpaired) electrons. The van der Waals surface area contributed by atoms with E-state index in [9.17, 15) is 9.90 Å². The average Bonchev–Trinajstić information content (AvgIpc) is 3.43. The van der Waals surface area contributed by atoms with Crippen molar-refractivity contribution in [3.8, 4) is 0 Å². The summed E-state index contributed by atoms with van der Waals surface area (Å²) in [6.07, 6.45) is 16.3. The molecule has 0 saturated heterocycles. The van der Waals surface area contributed by atoms with Crippen LogP contribution in [0.2, 0.25) is 0 Å². The maximum absolute atomic E-state index is 13.5. The van der Waals surface area contributed by atoms with Gasteiger partial charge in [0.1, 0.15) is 0 Å². The number of hydrogen-bond acceptors (Lipinski definition) is 5. The second-order valence-electron chi connectivity index (χ2n) is 11.3. The fourth-order valence-corrected chi connectivity index (χ4v) is 7.85. The molecule has 6 aliphatic rings. The van der Waals surface area contributed by atoms with Crippen molar-refractivity contribution in [2.45, 2.75) is 107 Å². The number of anilines is 1. The van der Waals surface area contributed by atoms with Crippen LogP contribution in [0.1, 0.15) is 105 Å². The van der Waals surface area contributed by atoms with E-state index in [1.165, 1.54) is 38.5 Å². The normalized spacial score (nSPS) is 37.5. The van der Waals surface area contributed by atoms with Gasteiger partial charge < -0.3 is 15.7 Å². The number of carbonyl (C=O) groups excluding carboxylic acids is 1. The fraction of sp³-hybridized carbons (Fsp3) is 0.800. The molecule has 31 heavy (non-hydrogen) atoms. The van der Waals surface area contributed by atoms with Gasteiger partial charge in [0.2, 0.25) is 5.95 Å². The van der Waals surface area contributed by atoms with E-state index >= 15 is 0 Å². The van der Waals surface area contributed by atoms with Crippen molar-refractivity contribution < 1.29 is 9.90 Å². The summed E-state index contributed by atoms with van der Waals surface area (Å²) < 4.78 is 0. The van der Waals surface area contributed by atoms with Gasteiger partial charge in [0, 0.05) is 24.2 Å². The molecule has 0 spiro atoms. The van der Waals surface area contributed by atoms with Gasteiger partial charge in [0.25, 0.3) is 5.91 Å². The highest BCUT2D eigenvalue weighted by molar-refractivity contribution is 5.95. The number of hydrogen-bond donors (Lipinski definition) is 3. The van der Waals surface area contributed by atoms with Gasteiger partial charge in [-0.3, -0.25) is 4.79 Å². The predicted octanol–water partition coefficient (Wildman–Crippen LogP) is 4.16. The Kier molecular flexibility index (Phi) is 4.97. The van der Waals surface area contributed by atoms with E-state index in [2.05, 4.69) is 15.6 Å². The van der Waals surface area contributed by atoms with Crippen molar-refractivity contribution in [3.63, 3.8) is 0 Å². The largest absolute Gasteiger partial charge is 0.390 e. The number of nitrogens with one attached hydrogen (secondary N) is 2. The standard InChI is InChI=1S/C25H36N4O2/c30-23(28-21-17-9-15-10-18(21)13-25(31,11-15)12-17)20-14-26-24(27-19-7-3-4-8-19)29-22(20)16-5-1-2-6-16/h14-19,21,31H,1-13H2,(H,28,30)(H,26,27,29)/t15?,17?,18?,21-,25-. The summed E-state index contributed by atoms with van der Waals surface area (Å²) >= 11 is 0. The lowest BCUT2D eigenvalue weighted by atomic mass is 9.52. The molecule has 0 aliphatic heterocycles. The van der Waals surface area contributed by atoms with Crippen LogP contribution in [0.25, 0.3) is 0 Å². The van der Waals surface area contributed by atoms with Crippen LogP contribution in [0.3, 0.4) is 0 Å². The molecular formula is C25H36N4O2. The van der Waals surface area contributed by atoms with Crippen molar-refractivity contribution in [2.75, 3.05) is 5.32 Å².